The highest BCUT2D eigenvalue weighted by Gasteiger charge is 2.29. The molecule has 1 aliphatic carbocycles. The number of rotatable bonds is 4. The second-order valence-electron chi connectivity index (χ2n) is 6.06. The smallest absolute Gasteiger partial charge is 0.435 e. The predicted octanol–water partition coefficient (Wildman–Crippen LogP) is 0.594. The first-order valence-electron chi connectivity index (χ1n) is 8.07. The number of nitrogens with one attached hydrogen (secondary N) is 1. The summed E-state index contributed by atoms with van der Waals surface area (Å²) < 4.78 is 10.9. The molecule has 8 nitrogen and oxygen atoms in total. The lowest BCUT2D eigenvalue weighted by Crippen LogP contribution is -2.43. The third-order valence-electron chi connectivity index (χ3n) is 4.18. The fraction of sp³-hybridized carbons (Fsp3) is 0.500. The van der Waals surface area contributed by atoms with Crippen LogP contribution in [0, 0.1) is 5.92 Å². The van der Waals surface area contributed by atoms with Gasteiger partial charge in [0.1, 0.15) is 5.00 Å². The Balaban J connectivity index is 2.10. The van der Waals surface area contributed by atoms with E-state index in [1.54, 1.807) is 6.92 Å². The summed E-state index contributed by atoms with van der Waals surface area (Å²) in [6.45, 7) is 4.12. The summed E-state index contributed by atoms with van der Waals surface area (Å²) in [6, 6.07) is 0. The molecule has 0 bridgehead atoms. The van der Waals surface area contributed by atoms with E-state index in [1.165, 1.54) is 18.4 Å². The van der Waals surface area contributed by atoms with Crippen molar-refractivity contribution in [1.82, 2.24) is 5.27 Å². The third-order valence-corrected chi connectivity index (χ3v) is 5.33. The Morgan fingerprint density at radius 1 is 1.56 bits per heavy atom. The first-order valence-corrected chi connectivity index (χ1v) is 8.89. The van der Waals surface area contributed by atoms with Crippen molar-refractivity contribution in [2.75, 3.05) is 6.61 Å². The zero-order valence-electron chi connectivity index (χ0n) is 14.2. The predicted molar refractivity (Wildman–Crippen MR) is 88.2 cm³/mol. The van der Waals surface area contributed by atoms with E-state index in [4.69, 9.17) is 4.74 Å². The van der Waals surface area contributed by atoms with Gasteiger partial charge >= 0.3 is 17.3 Å². The second kappa shape index (κ2) is 6.83. The number of aromatic nitrogens is 2. The summed E-state index contributed by atoms with van der Waals surface area (Å²) in [7, 11) is 1.47. The zero-order chi connectivity index (χ0) is 18.1. The number of hydrogen-bond donors (Lipinski definition) is 1. The van der Waals surface area contributed by atoms with Crippen LogP contribution >= 0.6 is 11.3 Å². The molecule has 2 aromatic rings. The topological polar surface area (TPSA) is 112 Å². The number of aromatic amines is 1. The van der Waals surface area contributed by atoms with Crippen LogP contribution in [-0.2, 0) is 24.6 Å². The molecule has 0 radical (unpaired) electrons. The second-order valence-corrected chi connectivity index (χ2v) is 7.14. The number of esters is 1. The molecule has 1 N–H and O–H groups in total. The first kappa shape index (κ1) is 17.4. The maximum atomic E-state index is 12.4. The lowest BCUT2D eigenvalue weighted by molar-refractivity contribution is -0.742. The van der Waals surface area contributed by atoms with Gasteiger partial charge in [0.15, 0.2) is 7.05 Å². The van der Waals surface area contributed by atoms with Gasteiger partial charge in [-0.3, -0.25) is 4.52 Å². The number of aryl methyl sites for hydroxylation is 1. The van der Waals surface area contributed by atoms with Gasteiger partial charge < -0.3 is 9.84 Å². The molecule has 2 heterocycles. The highest BCUT2D eigenvalue weighted by Crippen LogP contribution is 2.41. The van der Waals surface area contributed by atoms with Crippen molar-refractivity contribution in [2.24, 2.45) is 18.0 Å². The molecular weight excluding hydrogens is 346 g/mol. The highest BCUT2D eigenvalue weighted by atomic mass is 32.1. The average Bonchev–Trinajstić information content (AvgIpc) is 3.06. The van der Waals surface area contributed by atoms with Crippen LogP contribution in [0.2, 0.25) is 0 Å². The summed E-state index contributed by atoms with van der Waals surface area (Å²) in [5.41, 5.74) is 0.238. The summed E-state index contributed by atoms with van der Waals surface area (Å²) in [6.07, 6.45) is 2.57. The minimum absolute atomic E-state index is 0.227. The van der Waals surface area contributed by atoms with Gasteiger partial charge in [0.25, 0.3) is 0 Å². The van der Waals surface area contributed by atoms with Crippen molar-refractivity contribution >= 4 is 28.2 Å². The fourth-order valence-corrected chi connectivity index (χ4v) is 4.31. The van der Waals surface area contributed by atoms with E-state index in [-0.39, 0.29) is 12.3 Å². The monoisotopic (exact) mass is 365 g/mol. The van der Waals surface area contributed by atoms with Crippen molar-refractivity contribution in [1.29, 1.82) is 0 Å². The Morgan fingerprint density at radius 2 is 2.32 bits per heavy atom. The van der Waals surface area contributed by atoms with Crippen LogP contribution in [0.1, 0.15) is 46.8 Å². The van der Waals surface area contributed by atoms with Crippen molar-refractivity contribution in [3.8, 4) is 0 Å². The van der Waals surface area contributed by atoms with Crippen LogP contribution in [0.4, 0.5) is 5.00 Å². The molecule has 0 aliphatic heterocycles. The van der Waals surface area contributed by atoms with E-state index in [0.717, 1.165) is 34.4 Å². The Hall–Kier alpha value is -2.42. The number of aliphatic imine (C=N–C) groups is 1. The maximum Gasteiger partial charge on any atom is 0.435 e. The number of fused-ring (bicyclic) bond motifs is 1. The van der Waals surface area contributed by atoms with E-state index < -0.39 is 17.5 Å². The summed E-state index contributed by atoms with van der Waals surface area (Å²) in [5, 5.41) is 15.0. The number of carbonyl (C=O) groups is 1. The SMILES string of the molecule is CCOC(=O)c1c(/N=C(\[O-])c2c(=O)o[nH][n+]2C)sc2c1CCC(C)C2. The normalized spacial score (nSPS) is 17.4. The molecule has 3 rings (SSSR count). The lowest BCUT2D eigenvalue weighted by atomic mass is 9.88. The van der Waals surface area contributed by atoms with Crippen LogP contribution < -0.4 is 15.4 Å². The summed E-state index contributed by atoms with van der Waals surface area (Å²) in [4.78, 5) is 29.1. The minimum atomic E-state index is -0.802. The largest absolute Gasteiger partial charge is 0.854 e. The Morgan fingerprint density at radius 3 is 2.96 bits per heavy atom. The summed E-state index contributed by atoms with van der Waals surface area (Å²) >= 11 is 1.32. The molecule has 0 spiro atoms. The van der Waals surface area contributed by atoms with Crippen molar-refractivity contribution in [3.63, 3.8) is 0 Å². The van der Waals surface area contributed by atoms with Crippen LogP contribution in [0.15, 0.2) is 14.3 Å². The van der Waals surface area contributed by atoms with Gasteiger partial charge in [-0.25, -0.2) is 14.6 Å². The Bertz CT molecular complexity index is 892. The van der Waals surface area contributed by atoms with Gasteiger partial charge in [-0.2, -0.15) is 0 Å². The number of ether oxygens (including phenoxy) is 1. The van der Waals surface area contributed by atoms with E-state index in [0.29, 0.717) is 16.5 Å². The van der Waals surface area contributed by atoms with Gasteiger partial charge in [-0.15, -0.1) is 11.3 Å². The molecule has 0 saturated carbocycles. The van der Waals surface area contributed by atoms with E-state index >= 15 is 0 Å². The molecule has 1 atom stereocenters. The summed E-state index contributed by atoms with van der Waals surface area (Å²) in [5.74, 6) is -0.722. The Labute approximate surface area is 147 Å². The number of H-pyrrole nitrogens is 1. The average molecular weight is 365 g/mol. The fourth-order valence-electron chi connectivity index (χ4n) is 2.95. The number of thiophene rings is 1. The van der Waals surface area contributed by atoms with Gasteiger partial charge in [0, 0.05) is 4.88 Å². The molecule has 0 fully saturated rings. The first-order chi connectivity index (χ1) is 11.9. The molecule has 1 unspecified atom stereocenters. The van der Waals surface area contributed by atoms with Crippen molar-refractivity contribution in [2.45, 2.75) is 33.1 Å². The molecule has 25 heavy (non-hydrogen) atoms. The molecule has 1 aliphatic rings. The van der Waals surface area contributed by atoms with E-state index in [2.05, 4.69) is 21.7 Å². The quantitative estimate of drug-likeness (QED) is 0.369. The lowest BCUT2D eigenvalue weighted by Gasteiger charge is -2.18. The van der Waals surface area contributed by atoms with Gasteiger partial charge in [-0.05, 0) is 42.9 Å². The van der Waals surface area contributed by atoms with Crippen LogP contribution in [0.25, 0.3) is 0 Å². The molecule has 2 aromatic heterocycles. The standard InChI is InChI=1S/C16H19N3O5S/c1-4-23-15(21)11-9-6-5-8(2)7-10(9)25-14(11)17-13(20)12-16(22)24-18-19(12)3/h8H,4-7H2,1-3H3,(H-,17,18,20,21,22). The van der Waals surface area contributed by atoms with Crippen molar-refractivity contribution in [3.05, 3.63) is 32.1 Å². The third kappa shape index (κ3) is 3.23. The molecular formula is C16H19N3O5S. The molecule has 0 aromatic carbocycles. The number of nitrogens with zero attached hydrogens (tertiary/aromatic N) is 2. The maximum absolute atomic E-state index is 12.4. The molecule has 0 amide bonds. The molecule has 0 saturated heterocycles. The van der Waals surface area contributed by atoms with Gasteiger partial charge in [0.2, 0.25) is 0 Å². The van der Waals surface area contributed by atoms with E-state index in [1.807, 2.05) is 0 Å². The van der Waals surface area contributed by atoms with Crippen LogP contribution in [-0.4, -0.2) is 23.7 Å². The number of hydrogen-bond acceptors (Lipinski definition) is 7. The molecule has 134 valence electrons. The highest BCUT2D eigenvalue weighted by molar-refractivity contribution is 7.16. The van der Waals surface area contributed by atoms with Crippen molar-refractivity contribution < 1.29 is 23.8 Å². The van der Waals surface area contributed by atoms with Crippen LogP contribution in [0.5, 0.6) is 0 Å². The Kier molecular flexibility index (Phi) is 4.76. The van der Waals surface area contributed by atoms with Gasteiger partial charge in [-0.1, -0.05) is 11.6 Å². The zero-order valence-corrected chi connectivity index (χ0v) is 15.1. The van der Waals surface area contributed by atoms with Crippen LogP contribution in [0.3, 0.4) is 0 Å². The van der Waals surface area contributed by atoms with Gasteiger partial charge in [0.05, 0.1) is 18.1 Å². The molecule has 9 heteroatoms. The minimum Gasteiger partial charge on any atom is -0.854 e. The van der Waals surface area contributed by atoms with E-state index in [9.17, 15) is 14.7 Å². The number of carbonyl (C=O) groups excluding carboxylic acids is 1.